The number of hydrazone groups is 3. The van der Waals surface area contributed by atoms with E-state index in [1.165, 1.54) is 53.7 Å². The standard InChI is InChI=1S/C36H38Cl2N8O14S4.C17H15ClN4O7S2/c1-19-11-31-29(15-27(19)37)39-41-33-21(3)43-45(35(33)47)24-8-6-10-26(14-24)62(52,53,54)18-64(58,59,60)32-12-20(2)28(38)16-30(32)40-42-34-22(4)44-46(36(34)48)23-7-5-9-25(13-23)61(49,50,51)17-63(31,55,56)57;1-9-6-15(31(27,28)29)14(8-13(9)18)19-20-16-10(2)21-22(17(16)23)11-4-3-5-12(7-11)30(24,25)26/h5-16,33-34H,17-18H2,1-4H3,(H2,49,50,51)(H2,52,53,54)(H2,55,56,57)(H2,58,59,60);3-8,16H,1-2H3,(H,24,25,26)(H,27,28,29)/p-6. The second kappa shape index (κ2) is 23.7. The minimum absolute atomic E-state index is 0.0141. The molecule has 0 saturated heterocycles. The molecule has 0 saturated carbocycles. The van der Waals surface area contributed by atoms with Gasteiger partial charge in [0.2, 0.25) is 0 Å². The summed E-state index contributed by atoms with van der Waals surface area (Å²) >= 11 is 18.5. The third kappa shape index (κ3) is 14.6. The lowest BCUT2D eigenvalue weighted by molar-refractivity contribution is -0.118. The van der Waals surface area contributed by atoms with E-state index in [0.29, 0.717) is 27.7 Å². The summed E-state index contributed by atoms with van der Waals surface area (Å²) in [6.45, 7) is 8.05. The second-order valence-electron chi connectivity index (χ2n) is 21.8. The molecule has 4 aliphatic rings. The van der Waals surface area contributed by atoms with Gasteiger partial charge in [0, 0.05) is 24.9 Å². The van der Waals surface area contributed by atoms with Crippen molar-refractivity contribution in [1.29, 1.82) is 0 Å². The topological polar surface area (TPSA) is 528 Å². The average Bonchev–Trinajstić information content (AvgIpc) is 1.31. The maximum Gasteiger partial charge on any atom is 0.280 e. The smallest absolute Gasteiger partial charge is 0.280 e. The highest BCUT2D eigenvalue weighted by Crippen LogP contribution is 2.49. The number of aryl methyl sites for hydroxylation is 3. The quantitative estimate of drug-likeness (QED) is 0.0928. The van der Waals surface area contributed by atoms with Crippen LogP contribution in [0.4, 0.5) is 34.1 Å². The molecule has 3 atom stereocenters. The zero-order chi connectivity index (χ0) is 70.6. The number of sulfone groups is 4. The van der Waals surface area contributed by atoms with Crippen LogP contribution in [-0.2, 0) is 73.1 Å². The Bertz CT molecular complexity index is 4930. The van der Waals surface area contributed by atoms with Crippen LogP contribution in [-0.4, -0.2) is 142 Å². The van der Waals surface area contributed by atoms with Gasteiger partial charge in [-0.3, -0.25) is 31.2 Å². The van der Waals surface area contributed by atoms with E-state index in [9.17, 15) is 93.6 Å². The summed E-state index contributed by atoms with van der Waals surface area (Å²) in [5.41, 5.74) is -2.62. The van der Waals surface area contributed by atoms with E-state index >= 15 is 0 Å². The van der Waals surface area contributed by atoms with Crippen LogP contribution in [0.5, 0.6) is 0 Å². The van der Waals surface area contributed by atoms with Gasteiger partial charge in [0.25, 0.3) is 17.7 Å². The van der Waals surface area contributed by atoms with Crippen molar-refractivity contribution in [3.8, 4) is 0 Å². The first-order valence-corrected chi connectivity index (χ1v) is 38.5. The number of hydrogen-bond acceptors (Lipinski definition) is 26. The van der Waals surface area contributed by atoms with E-state index in [-0.39, 0.29) is 54.7 Å². The monoisotopic (exact) mass is 1480 g/mol. The molecule has 33 nitrogen and oxygen atoms in total. The van der Waals surface area contributed by atoms with Gasteiger partial charge in [-0.15, -0.1) is 0 Å². The fraction of sp³-hybridized carbons (Fsp3) is 0.208. The Balaban J connectivity index is 0.000000286. The molecule has 4 aliphatic heterocycles. The highest BCUT2D eigenvalue weighted by Gasteiger charge is 2.44. The Morgan fingerprint density at radius 2 is 0.874 bits per heavy atom. The van der Waals surface area contributed by atoms with Crippen LogP contribution >= 0.6 is 34.8 Å². The van der Waals surface area contributed by atoms with Crippen molar-refractivity contribution >= 4 is 163 Å². The van der Waals surface area contributed by atoms with Crippen LogP contribution in [0.15, 0.2) is 185 Å². The number of halogens is 3. The number of amides is 3. The third-order valence-corrected chi connectivity index (χ3v) is 28.5. The van der Waals surface area contributed by atoms with E-state index in [1.54, 1.807) is 0 Å². The van der Waals surface area contributed by atoms with Crippen LogP contribution in [0, 0.1) is 20.8 Å². The number of anilines is 3. The molecule has 4 N–H and O–H groups in total. The van der Waals surface area contributed by atoms with Gasteiger partial charge < -0.3 is 45.5 Å². The first kappa shape index (κ1) is 71.8. The van der Waals surface area contributed by atoms with Gasteiger partial charge in [0.05, 0.1) is 63.9 Å². The lowest BCUT2D eigenvalue weighted by atomic mass is 10.2. The highest BCUT2D eigenvalue weighted by molar-refractivity contribution is 8.26. The largest absolute Gasteiger partial charge is 0.765 e. The summed E-state index contributed by atoms with van der Waals surface area (Å²) in [5.74, 6) is -2.88. The fourth-order valence-electron chi connectivity index (χ4n) is 9.49. The number of benzene rings is 6. The molecule has 3 amide bonds. The predicted molar refractivity (Wildman–Crippen MR) is 340 cm³/mol. The van der Waals surface area contributed by atoms with Crippen molar-refractivity contribution in [2.24, 2.45) is 46.0 Å². The van der Waals surface area contributed by atoms with Crippen LogP contribution < -0.4 is 15.0 Å². The Labute approximate surface area is 553 Å². The summed E-state index contributed by atoms with van der Waals surface area (Å²) in [5, 5.41) is 32.0. The maximum atomic E-state index is 14.1. The van der Waals surface area contributed by atoms with Crippen molar-refractivity contribution in [3.05, 3.63) is 141 Å². The van der Waals surface area contributed by atoms with Crippen LogP contribution in [0.1, 0.15) is 37.5 Å². The number of fused-ring (bicyclic) bond motifs is 12. The van der Waals surface area contributed by atoms with Crippen LogP contribution in [0.3, 0.4) is 0 Å². The first-order valence-electron chi connectivity index (χ1n) is 26.4. The number of azo groups is 3. The van der Waals surface area contributed by atoms with E-state index in [4.69, 9.17) is 34.8 Å². The molecule has 4 heterocycles. The molecular formula is C53H47Cl3N12O21S6-6. The SMILES string of the molecule is CC1=NN(c2cccc(S(=O)(=O)[O-])c2)C(=O)C1N=Nc1cc(Cl)c(C)cc1S(=O)(=O)[O-].CC1=NN2C(=O)C1N=Nc1cc(Cl)c(C)cc1S(=O)([O-])(O)CS(=O)([O-])(O)c1cccc(c1)N1N=C(C)C(N=Nc3cc(Cl)c(C)cc3S(=O)([O-])(O)CS(=O)([O-])(O)c3cccc2c3)C1=O. The predicted octanol–water partition coefficient (Wildman–Crippen LogP) is 8.45. The first-order chi connectivity index (χ1) is 43.4. The zero-order valence-corrected chi connectivity index (χ0v) is 56.4. The molecule has 508 valence electrons. The second-order valence-corrected chi connectivity index (χ2v) is 37.3. The summed E-state index contributed by atoms with van der Waals surface area (Å²) in [6.07, 6.45) is 0. The molecule has 6 aromatic rings. The minimum atomic E-state index is -7.06. The molecule has 6 aromatic carbocycles. The number of carbonyl (C=O) groups excluding carboxylic acids is 3. The summed E-state index contributed by atoms with van der Waals surface area (Å²) < 4.78 is 226. The number of rotatable bonds is 5. The Hall–Kier alpha value is -7.49. The van der Waals surface area contributed by atoms with Crippen molar-refractivity contribution < 1.29 is 93.6 Å². The van der Waals surface area contributed by atoms with E-state index in [0.717, 1.165) is 89.9 Å². The molecule has 0 aromatic heterocycles. The molecule has 95 heavy (non-hydrogen) atoms. The Morgan fingerprint density at radius 1 is 0.495 bits per heavy atom. The molecule has 8 bridgehead atoms. The number of nitrogens with zero attached hydrogens (tertiary/aromatic N) is 12. The van der Waals surface area contributed by atoms with Gasteiger partial charge in [0.1, 0.15) is 37.3 Å². The molecule has 0 aliphatic carbocycles. The average molecular weight is 1490 g/mol. The Kier molecular flexibility index (Phi) is 17.9. The molecule has 10 rings (SSSR count). The maximum absolute atomic E-state index is 14.1. The van der Waals surface area contributed by atoms with Crippen LogP contribution in [0.2, 0.25) is 15.1 Å². The van der Waals surface area contributed by atoms with Crippen molar-refractivity contribution in [2.45, 2.75) is 89.0 Å². The molecule has 0 fully saturated rings. The van der Waals surface area contributed by atoms with E-state index < -0.39 is 157 Å². The lowest BCUT2D eigenvalue weighted by Crippen LogP contribution is -2.50. The van der Waals surface area contributed by atoms with Crippen LogP contribution in [0.25, 0.3) is 0 Å². The van der Waals surface area contributed by atoms with E-state index in [1.807, 2.05) is 0 Å². The van der Waals surface area contributed by atoms with Gasteiger partial charge in [-0.25, -0.2) is 16.8 Å². The number of hydrogen-bond donors (Lipinski definition) is 4. The van der Waals surface area contributed by atoms with Crippen molar-refractivity contribution in [3.63, 3.8) is 0 Å². The van der Waals surface area contributed by atoms with Gasteiger partial charge in [-0.05, 0) is 188 Å². The molecule has 0 radical (unpaired) electrons. The summed E-state index contributed by atoms with van der Waals surface area (Å²) in [4.78, 5) is 34.3. The summed E-state index contributed by atoms with van der Waals surface area (Å²) in [7, 11) is -37.7. The van der Waals surface area contributed by atoms with Crippen molar-refractivity contribution in [1.82, 2.24) is 0 Å². The van der Waals surface area contributed by atoms with Gasteiger partial charge >= 0.3 is 0 Å². The molecule has 3 unspecified atom stereocenters. The normalized spacial score (nSPS) is 24.0. The Morgan fingerprint density at radius 3 is 1.29 bits per heavy atom. The van der Waals surface area contributed by atoms with Crippen molar-refractivity contribution in [2.75, 3.05) is 25.2 Å². The summed E-state index contributed by atoms with van der Waals surface area (Å²) in [6, 6.07) is 12.5. The molecule has 42 heteroatoms. The molecular weight excluding hydrogens is 1440 g/mol. The fourth-order valence-corrected chi connectivity index (χ4v) is 22.4. The minimum Gasteiger partial charge on any atom is -0.765 e. The molecule has 0 spiro atoms. The zero-order valence-electron chi connectivity index (χ0n) is 49.2. The van der Waals surface area contributed by atoms with E-state index in [2.05, 4.69) is 46.0 Å². The lowest BCUT2D eigenvalue weighted by Gasteiger charge is -2.54. The third-order valence-electron chi connectivity index (χ3n) is 14.2. The van der Waals surface area contributed by atoms with Gasteiger partial charge in [0.15, 0.2) is 18.1 Å². The van der Waals surface area contributed by atoms with Gasteiger partial charge in [-0.2, -0.15) is 61.0 Å². The van der Waals surface area contributed by atoms with Gasteiger partial charge in [-0.1, -0.05) is 53.0 Å². The highest BCUT2D eigenvalue weighted by atomic mass is 35.5. The number of carbonyl (C=O) groups is 3.